The molecule has 0 saturated heterocycles. The van der Waals surface area contributed by atoms with Crippen molar-refractivity contribution in [2.75, 3.05) is 5.75 Å². The number of hydrogen-bond acceptors (Lipinski definition) is 5. The van der Waals surface area contributed by atoms with Crippen LogP contribution in [-0.4, -0.2) is 27.1 Å². The van der Waals surface area contributed by atoms with Gasteiger partial charge in [-0.2, -0.15) is 0 Å². The largest absolute Gasteiger partial charge is 0.353 e. The van der Waals surface area contributed by atoms with E-state index >= 15 is 0 Å². The van der Waals surface area contributed by atoms with E-state index in [4.69, 9.17) is 0 Å². The van der Waals surface area contributed by atoms with Crippen molar-refractivity contribution >= 4 is 34.0 Å². The molecule has 3 rings (SSSR count). The fraction of sp³-hybridized carbons (Fsp3) is 0.462. The maximum Gasteiger partial charge on any atom is 0.258 e. The van der Waals surface area contributed by atoms with Crippen LogP contribution in [0.2, 0.25) is 0 Å². The predicted octanol–water partition coefficient (Wildman–Crippen LogP) is 1.58. The Morgan fingerprint density at radius 2 is 2.40 bits per heavy atom. The number of hydrogen-bond donors (Lipinski definition) is 1. The Morgan fingerprint density at radius 1 is 1.60 bits per heavy atom. The molecule has 2 aromatic rings. The fourth-order valence-corrected chi connectivity index (χ4v) is 3.54. The minimum Gasteiger partial charge on any atom is -0.353 e. The lowest BCUT2D eigenvalue weighted by Crippen LogP contribution is -2.27. The van der Waals surface area contributed by atoms with Gasteiger partial charge in [-0.1, -0.05) is 0 Å². The van der Waals surface area contributed by atoms with Gasteiger partial charge in [-0.05, 0) is 19.8 Å². The standard InChI is InChI=1S/C13H15N3O2S2/c1-8-5-20-13-15-10(4-12(18)16(8)13)6-19-7-11(17)14-9-2-3-9/h4-5,9H,2-3,6-7H2,1H3,(H,14,17). The molecule has 5 nitrogen and oxygen atoms in total. The summed E-state index contributed by atoms with van der Waals surface area (Å²) in [7, 11) is 0. The van der Waals surface area contributed by atoms with Gasteiger partial charge >= 0.3 is 0 Å². The van der Waals surface area contributed by atoms with Crippen molar-refractivity contribution in [1.82, 2.24) is 14.7 Å². The Bertz CT molecular complexity index is 703. The van der Waals surface area contributed by atoms with Crippen LogP contribution in [0.3, 0.4) is 0 Å². The summed E-state index contributed by atoms with van der Waals surface area (Å²) in [6, 6.07) is 1.95. The van der Waals surface area contributed by atoms with Gasteiger partial charge in [-0.25, -0.2) is 4.98 Å². The highest BCUT2D eigenvalue weighted by Crippen LogP contribution is 2.19. The zero-order chi connectivity index (χ0) is 14.1. The maximum atomic E-state index is 12.0. The molecule has 2 aromatic heterocycles. The average molecular weight is 309 g/mol. The lowest BCUT2D eigenvalue weighted by molar-refractivity contribution is -0.118. The van der Waals surface area contributed by atoms with Gasteiger partial charge in [0.1, 0.15) is 0 Å². The molecule has 0 atom stereocenters. The number of nitrogens with one attached hydrogen (secondary N) is 1. The molecule has 1 aliphatic carbocycles. The molecule has 7 heteroatoms. The number of thiazole rings is 1. The van der Waals surface area contributed by atoms with E-state index in [1.807, 2.05) is 12.3 Å². The molecular formula is C13H15N3O2S2. The summed E-state index contributed by atoms with van der Waals surface area (Å²) in [6.45, 7) is 1.89. The van der Waals surface area contributed by atoms with E-state index in [1.54, 1.807) is 10.5 Å². The molecule has 0 radical (unpaired) electrons. The van der Waals surface area contributed by atoms with Crippen LogP contribution in [0.4, 0.5) is 0 Å². The molecule has 0 aliphatic heterocycles. The first kappa shape index (κ1) is 13.6. The SMILES string of the molecule is Cc1csc2nc(CSCC(=O)NC3CC3)cc(=O)n12. The predicted molar refractivity (Wildman–Crippen MR) is 81.4 cm³/mol. The van der Waals surface area contributed by atoms with E-state index in [0.29, 0.717) is 22.5 Å². The molecule has 1 N–H and O–H groups in total. The zero-order valence-corrected chi connectivity index (χ0v) is 12.7. The topological polar surface area (TPSA) is 63.5 Å². The van der Waals surface area contributed by atoms with E-state index in [2.05, 4.69) is 10.3 Å². The van der Waals surface area contributed by atoms with E-state index in [-0.39, 0.29) is 11.5 Å². The Hall–Kier alpha value is -1.34. The number of nitrogens with zero attached hydrogens (tertiary/aromatic N) is 2. The van der Waals surface area contributed by atoms with Gasteiger partial charge in [-0.3, -0.25) is 14.0 Å². The van der Waals surface area contributed by atoms with Crippen molar-refractivity contribution in [2.45, 2.75) is 31.6 Å². The second-order valence-electron chi connectivity index (χ2n) is 4.92. The molecule has 2 heterocycles. The smallest absolute Gasteiger partial charge is 0.258 e. The van der Waals surface area contributed by atoms with Gasteiger partial charge < -0.3 is 5.32 Å². The van der Waals surface area contributed by atoms with Gasteiger partial charge in [0, 0.05) is 28.9 Å². The number of aromatic nitrogens is 2. The fourth-order valence-electron chi connectivity index (χ4n) is 1.92. The molecule has 20 heavy (non-hydrogen) atoms. The lowest BCUT2D eigenvalue weighted by atomic mass is 10.4. The molecule has 1 fully saturated rings. The average Bonchev–Trinajstić information content (AvgIpc) is 3.12. The van der Waals surface area contributed by atoms with Crippen LogP contribution in [0.1, 0.15) is 24.2 Å². The summed E-state index contributed by atoms with van der Waals surface area (Å²) >= 11 is 2.95. The molecular weight excluding hydrogens is 294 g/mol. The number of fused-ring (bicyclic) bond motifs is 1. The first-order valence-electron chi connectivity index (χ1n) is 6.47. The third-order valence-corrected chi connectivity index (χ3v) is 4.96. The van der Waals surface area contributed by atoms with Crippen molar-refractivity contribution in [3.8, 4) is 0 Å². The zero-order valence-electron chi connectivity index (χ0n) is 11.1. The summed E-state index contributed by atoms with van der Waals surface area (Å²) in [6.07, 6.45) is 2.20. The van der Waals surface area contributed by atoms with E-state index in [0.717, 1.165) is 24.2 Å². The highest BCUT2D eigenvalue weighted by atomic mass is 32.2. The molecule has 1 aliphatic rings. The van der Waals surface area contributed by atoms with Crippen LogP contribution in [0.25, 0.3) is 4.96 Å². The lowest BCUT2D eigenvalue weighted by Gasteiger charge is -2.03. The van der Waals surface area contributed by atoms with Crippen LogP contribution >= 0.6 is 23.1 Å². The van der Waals surface area contributed by atoms with Gasteiger partial charge in [0.2, 0.25) is 5.91 Å². The molecule has 0 unspecified atom stereocenters. The van der Waals surface area contributed by atoms with Crippen molar-refractivity contribution in [2.24, 2.45) is 0 Å². The van der Waals surface area contributed by atoms with Crippen molar-refractivity contribution in [3.05, 3.63) is 33.2 Å². The van der Waals surface area contributed by atoms with E-state index in [9.17, 15) is 9.59 Å². The molecule has 0 spiro atoms. The summed E-state index contributed by atoms with van der Waals surface area (Å²) < 4.78 is 1.61. The number of aryl methyl sites for hydroxylation is 1. The van der Waals surface area contributed by atoms with Crippen LogP contribution < -0.4 is 10.9 Å². The Kier molecular flexibility index (Phi) is 3.80. The monoisotopic (exact) mass is 309 g/mol. The minimum atomic E-state index is -0.0493. The van der Waals surface area contributed by atoms with E-state index < -0.39 is 0 Å². The number of carbonyl (C=O) groups is 1. The maximum absolute atomic E-state index is 12.0. The summed E-state index contributed by atoms with van der Waals surface area (Å²) in [5.41, 5.74) is 1.60. The minimum absolute atomic E-state index is 0.0493. The highest BCUT2D eigenvalue weighted by Gasteiger charge is 2.22. The van der Waals surface area contributed by atoms with Crippen LogP contribution in [0.5, 0.6) is 0 Å². The molecule has 106 valence electrons. The molecule has 0 bridgehead atoms. The molecule has 0 aromatic carbocycles. The van der Waals surface area contributed by atoms with Crippen molar-refractivity contribution in [1.29, 1.82) is 0 Å². The first-order valence-corrected chi connectivity index (χ1v) is 8.51. The normalized spacial score (nSPS) is 14.7. The number of thioether (sulfide) groups is 1. The van der Waals surface area contributed by atoms with Gasteiger partial charge in [0.25, 0.3) is 5.56 Å². The van der Waals surface area contributed by atoms with Gasteiger partial charge in [-0.15, -0.1) is 23.1 Å². The van der Waals surface area contributed by atoms with Crippen LogP contribution in [0, 0.1) is 6.92 Å². The Balaban J connectivity index is 1.62. The second kappa shape index (κ2) is 5.57. The summed E-state index contributed by atoms with van der Waals surface area (Å²) in [5.74, 6) is 1.07. The Labute approximate surface area is 124 Å². The quantitative estimate of drug-likeness (QED) is 0.911. The number of amides is 1. The third kappa shape index (κ3) is 3.04. The molecule has 1 saturated carbocycles. The summed E-state index contributed by atoms with van der Waals surface area (Å²) in [5, 5.41) is 4.86. The molecule has 1 amide bonds. The van der Waals surface area contributed by atoms with Crippen molar-refractivity contribution in [3.63, 3.8) is 0 Å². The summed E-state index contributed by atoms with van der Waals surface area (Å²) in [4.78, 5) is 28.7. The highest BCUT2D eigenvalue weighted by molar-refractivity contribution is 7.99. The van der Waals surface area contributed by atoms with Crippen molar-refractivity contribution < 1.29 is 4.79 Å². The third-order valence-electron chi connectivity index (χ3n) is 3.05. The second-order valence-corrected chi connectivity index (χ2v) is 6.74. The van der Waals surface area contributed by atoms with Gasteiger partial charge in [0.15, 0.2) is 4.96 Å². The number of carbonyl (C=O) groups excluding carboxylic acids is 1. The van der Waals surface area contributed by atoms with Crippen LogP contribution in [-0.2, 0) is 10.5 Å². The Morgan fingerprint density at radius 3 is 3.15 bits per heavy atom. The van der Waals surface area contributed by atoms with E-state index in [1.165, 1.54) is 23.1 Å². The first-order chi connectivity index (χ1) is 9.63. The van der Waals surface area contributed by atoms with Gasteiger partial charge in [0.05, 0.1) is 11.4 Å². The van der Waals surface area contributed by atoms with Crippen LogP contribution in [0.15, 0.2) is 16.2 Å². The number of rotatable bonds is 5.